The Morgan fingerprint density at radius 1 is 1.11 bits per heavy atom. The van der Waals surface area contributed by atoms with Gasteiger partial charge >= 0.3 is 13.8 Å². The smallest absolute Gasteiger partial charge is 0.416 e. The first-order chi connectivity index (χ1) is 12.8. The van der Waals surface area contributed by atoms with E-state index in [1.165, 1.54) is 39.3 Å². The van der Waals surface area contributed by atoms with E-state index in [4.69, 9.17) is 18.5 Å². The van der Waals surface area contributed by atoms with Crippen LogP contribution in [0.5, 0.6) is 0 Å². The van der Waals surface area contributed by atoms with Gasteiger partial charge in [0.05, 0.1) is 16.5 Å². The summed E-state index contributed by atoms with van der Waals surface area (Å²) in [5.74, 6) is -0.737. The Labute approximate surface area is 163 Å². The highest BCUT2D eigenvalue weighted by Gasteiger charge is 2.46. The fourth-order valence-electron chi connectivity index (χ4n) is 3.31. The summed E-state index contributed by atoms with van der Waals surface area (Å²) in [4.78, 5) is 0. The molecule has 9 heteroatoms. The van der Waals surface area contributed by atoms with Gasteiger partial charge in [0.1, 0.15) is 5.76 Å². The van der Waals surface area contributed by atoms with Crippen LogP contribution in [-0.2, 0) is 29.3 Å². The first kappa shape index (κ1) is 22.9. The zero-order valence-electron chi connectivity index (χ0n) is 16.8. The van der Waals surface area contributed by atoms with Gasteiger partial charge < -0.3 is 18.5 Å². The zero-order valence-corrected chi connectivity index (χ0v) is 17.7. The first-order valence-electron chi connectivity index (χ1n) is 8.76. The highest BCUT2D eigenvalue weighted by Crippen LogP contribution is 2.63. The molecule has 1 aromatic rings. The van der Waals surface area contributed by atoms with Crippen LogP contribution in [0.2, 0.25) is 0 Å². The molecule has 0 saturated heterocycles. The second-order valence-electron chi connectivity index (χ2n) is 7.45. The van der Waals surface area contributed by atoms with Crippen molar-refractivity contribution >= 4 is 7.60 Å². The highest BCUT2D eigenvalue weighted by molar-refractivity contribution is 7.58. The number of alkyl halides is 3. The van der Waals surface area contributed by atoms with Gasteiger partial charge in [-0.25, -0.2) is 0 Å². The van der Waals surface area contributed by atoms with Crippen LogP contribution in [0.15, 0.2) is 35.3 Å². The van der Waals surface area contributed by atoms with E-state index >= 15 is 0 Å². The van der Waals surface area contributed by atoms with E-state index in [1.54, 1.807) is 0 Å². The van der Waals surface area contributed by atoms with Crippen molar-refractivity contribution in [3.05, 3.63) is 46.5 Å². The number of benzene rings is 1. The quantitative estimate of drug-likeness (QED) is 0.539. The number of halogens is 3. The average Bonchev–Trinajstić information content (AvgIpc) is 2.58. The number of allylic oxidation sites excluding steroid dienone is 2. The highest BCUT2D eigenvalue weighted by atomic mass is 31.2. The molecular formula is C19H26F3O5P. The van der Waals surface area contributed by atoms with Gasteiger partial charge in [-0.2, -0.15) is 13.2 Å². The molecular weight excluding hydrogens is 396 g/mol. The maximum Gasteiger partial charge on any atom is 0.416 e. The lowest BCUT2D eigenvalue weighted by molar-refractivity contribution is -0.186. The Morgan fingerprint density at radius 3 is 2.18 bits per heavy atom. The molecule has 0 radical (unpaired) electrons. The summed E-state index contributed by atoms with van der Waals surface area (Å²) in [6.45, 7) is 6.98. The minimum atomic E-state index is -4.57. The van der Waals surface area contributed by atoms with Crippen molar-refractivity contribution < 1.29 is 36.3 Å². The fraction of sp³-hybridized carbons (Fsp3) is 0.579. The molecule has 2 atom stereocenters. The van der Waals surface area contributed by atoms with Gasteiger partial charge in [0.15, 0.2) is 0 Å². The maximum atomic E-state index is 13.6. The lowest BCUT2D eigenvalue weighted by Crippen LogP contribution is -2.34. The van der Waals surface area contributed by atoms with E-state index in [9.17, 15) is 17.7 Å². The molecule has 5 nitrogen and oxygen atoms in total. The van der Waals surface area contributed by atoms with Crippen molar-refractivity contribution in [3.63, 3.8) is 0 Å². The van der Waals surface area contributed by atoms with E-state index in [0.29, 0.717) is 0 Å². The summed E-state index contributed by atoms with van der Waals surface area (Å²) >= 11 is 0. The molecule has 158 valence electrons. The lowest BCUT2D eigenvalue weighted by atomic mass is 9.88. The summed E-state index contributed by atoms with van der Waals surface area (Å²) in [5, 5.41) is 0.0722. The minimum Gasteiger partial charge on any atom is -0.469 e. The summed E-state index contributed by atoms with van der Waals surface area (Å²) in [7, 11) is -1.47. The van der Waals surface area contributed by atoms with Crippen LogP contribution >= 0.6 is 7.60 Å². The van der Waals surface area contributed by atoms with Gasteiger partial charge in [0, 0.05) is 26.6 Å². The third-order valence-corrected chi connectivity index (χ3v) is 6.51. The summed E-state index contributed by atoms with van der Waals surface area (Å²) in [6, 6.07) is 5.20. The Morgan fingerprint density at radius 2 is 1.68 bits per heavy atom. The Balaban J connectivity index is 2.66. The van der Waals surface area contributed by atoms with Crippen molar-refractivity contribution in [2.75, 3.05) is 14.2 Å². The number of hydrogen-bond donors (Lipinski definition) is 0. The Kier molecular flexibility index (Phi) is 6.71. The van der Waals surface area contributed by atoms with Crippen molar-refractivity contribution in [2.45, 2.75) is 58.1 Å². The maximum absolute atomic E-state index is 13.6. The molecule has 0 N–H and O–H groups in total. The molecule has 1 aromatic carbocycles. The summed E-state index contributed by atoms with van der Waals surface area (Å²) in [5.41, 5.74) is -1.41. The lowest BCUT2D eigenvalue weighted by Gasteiger charge is -2.38. The van der Waals surface area contributed by atoms with Crippen LogP contribution in [0.25, 0.3) is 0 Å². The van der Waals surface area contributed by atoms with Gasteiger partial charge in [0.25, 0.3) is 0 Å². The van der Waals surface area contributed by atoms with E-state index in [1.807, 2.05) is 20.8 Å². The zero-order chi connectivity index (χ0) is 21.3. The van der Waals surface area contributed by atoms with Crippen LogP contribution in [0, 0.1) is 0 Å². The van der Waals surface area contributed by atoms with E-state index in [-0.39, 0.29) is 23.1 Å². The summed E-state index contributed by atoms with van der Waals surface area (Å²) < 4.78 is 75.8. The molecule has 0 saturated carbocycles. The molecule has 2 rings (SSSR count). The average molecular weight is 422 g/mol. The molecule has 0 spiro atoms. The number of hydrogen-bond acceptors (Lipinski definition) is 5. The van der Waals surface area contributed by atoms with Crippen molar-refractivity contribution in [1.82, 2.24) is 0 Å². The normalized spacial score (nSPS) is 21.6. The molecule has 1 aliphatic heterocycles. The number of rotatable bonds is 5. The summed E-state index contributed by atoms with van der Waals surface area (Å²) in [6.07, 6.45) is -5.34. The molecule has 1 heterocycles. The monoisotopic (exact) mass is 422 g/mol. The Hall–Kier alpha value is -1.34. The van der Waals surface area contributed by atoms with Gasteiger partial charge in [-0.1, -0.05) is 18.2 Å². The van der Waals surface area contributed by atoms with Crippen molar-refractivity contribution in [3.8, 4) is 0 Å². The van der Waals surface area contributed by atoms with Gasteiger partial charge in [-0.3, -0.25) is 4.57 Å². The van der Waals surface area contributed by atoms with E-state index in [2.05, 4.69) is 0 Å². The third kappa shape index (κ3) is 4.98. The molecule has 0 bridgehead atoms. The molecule has 0 aliphatic carbocycles. The molecule has 1 aliphatic rings. The van der Waals surface area contributed by atoms with Gasteiger partial charge in [-0.05, 0) is 39.3 Å². The van der Waals surface area contributed by atoms with Gasteiger partial charge in [0.2, 0.25) is 6.29 Å². The molecule has 0 aromatic heterocycles. The van der Waals surface area contributed by atoms with Crippen LogP contribution in [0.3, 0.4) is 0 Å². The predicted molar refractivity (Wildman–Crippen MR) is 98.8 cm³/mol. The SMILES string of the molecule is COP(=O)(OC)C1=C(C)OC(OC(C)(C)C)CC1c1ccccc1C(F)(F)F. The van der Waals surface area contributed by atoms with Crippen LogP contribution in [0.4, 0.5) is 13.2 Å². The molecule has 28 heavy (non-hydrogen) atoms. The predicted octanol–water partition coefficient (Wildman–Crippen LogP) is 6.07. The van der Waals surface area contributed by atoms with E-state index < -0.39 is 37.1 Å². The molecule has 0 amide bonds. The molecule has 2 unspecified atom stereocenters. The third-order valence-electron chi connectivity index (χ3n) is 4.33. The minimum absolute atomic E-state index is 0.0236. The van der Waals surface area contributed by atoms with Crippen LogP contribution < -0.4 is 0 Å². The standard InChI is InChI=1S/C19H26F3O5P/c1-12-17(28(23,24-5)25-6)14(11-16(26-12)27-18(2,3)4)13-9-7-8-10-15(13)19(20,21)22/h7-10,14,16H,11H2,1-6H3. The topological polar surface area (TPSA) is 54.0 Å². The fourth-order valence-corrected chi connectivity index (χ4v) is 4.92. The van der Waals surface area contributed by atoms with Crippen molar-refractivity contribution in [1.29, 1.82) is 0 Å². The second-order valence-corrected chi connectivity index (χ2v) is 9.66. The Bertz CT molecular complexity index is 775. The number of ether oxygens (including phenoxy) is 2. The largest absolute Gasteiger partial charge is 0.469 e. The van der Waals surface area contributed by atoms with Crippen molar-refractivity contribution in [2.24, 2.45) is 0 Å². The van der Waals surface area contributed by atoms with Gasteiger partial charge in [-0.15, -0.1) is 0 Å². The van der Waals surface area contributed by atoms with Crippen LogP contribution in [-0.4, -0.2) is 26.1 Å². The van der Waals surface area contributed by atoms with Crippen LogP contribution in [0.1, 0.15) is 51.2 Å². The molecule has 0 fully saturated rings. The first-order valence-corrected chi connectivity index (χ1v) is 10.3. The van der Waals surface area contributed by atoms with E-state index in [0.717, 1.165) is 6.07 Å². The second kappa shape index (κ2) is 8.19.